The van der Waals surface area contributed by atoms with Gasteiger partial charge in [-0.05, 0) is 29.8 Å². The van der Waals surface area contributed by atoms with Gasteiger partial charge in [0.25, 0.3) is 5.69 Å². The fraction of sp³-hybridized carbons (Fsp3) is 0.130. The van der Waals surface area contributed by atoms with Gasteiger partial charge in [-0.3, -0.25) is 14.7 Å². The number of hydrogen-bond donors (Lipinski definition) is 1. The lowest BCUT2D eigenvalue weighted by molar-refractivity contribution is -0.384. The van der Waals surface area contributed by atoms with Crippen molar-refractivity contribution in [2.24, 2.45) is 0 Å². The van der Waals surface area contributed by atoms with Crippen LogP contribution in [0.25, 0.3) is 11.0 Å². The molecule has 0 unspecified atom stereocenters. The molecule has 0 bridgehead atoms. The summed E-state index contributed by atoms with van der Waals surface area (Å²) in [7, 11) is 0. The molecule has 0 aliphatic carbocycles. The highest BCUT2D eigenvalue weighted by atomic mass is 19.3. The molecule has 0 atom stereocenters. The molecule has 33 heavy (non-hydrogen) atoms. The van der Waals surface area contributed by atoms with E-state index >= 15 is 0 Å². The number of esters is 1. The van der Waals surface area contributed by atoms with Crippen LogP contribution in [0.1, 0.15) is 28.3 Å². The number of para-hydroxylation sites is 2. The smallest absolute Gasteiger partial charge is 0.338 e. The predicted octanol–water partition coefficient (Wildman–Crippen LogP) is 5.31. The minimum atomic E-state index is -2.87. The number of aromatic nitrogens is 2. The Morgan fingerprint density at radius 3 is 2.55 bits per heavy atom. The van der Waals surface area contributed by atoms with Crippen molar-refractivity contribution in [3.8, 4) is 0 Å². The van der Waals surface area contributed by atoms with E-state index < -0.39 is 24.0 Å². The van der Waals surface area contributed by atoms with E-state index in [0.29, 0.717) is 16.6 Å². The number of carbonyl (C=O) groups is 1. The minimum absolute atomic E-state index is 0.0772. The summed E-state index contributed by atoms with van der Waals surface area (Å²) < 4.78 is 32.9. The summed E-state index contributed by atoms with van der Waals surface area (Å²) in [5.74, 6) is -1.02. The van der Waals surface area contributed by atoms with Crippen molar-refractivity contribution in [2.45, 2.75) is 19.7 Å². The fourth-order valence-electron chi connectivity index (χ4n) is 3.38. The molecule has 0 saturated heterocycles. The average Bonchev–Trinajstić information content (AvgIpc) is 3.20. The second kappa shape index (κ2) is 9.43. The van der Waals surface area contributed by atoms with E-state index in [1.54, 1.807) is 18.2 Å². The van der Waals surface area contributed by atoms with Crippen LogP contribution in [0.2, 0.25) is 0 Å². The first-order valence-corrected chi connectivity index (χ1v) is 9.91. The summed E-state index contributed by atoms with van der Waals surface area (Å²) in [4.78, 5) is 27.5. The predicted molar refractivity (Wildman–Crippen MR) is 117 cm³/mol. The number of imidazole rings is 1. The topological polar surface area (TPSA) is 99.3 Å². The van der Waals surface area contributed by atoms with Gasteiger partial charge in [0.15, 0.2) is 5.82 Å². The van der Waals surface area contributed by atoms with Gasteiger partial charge >= 0.3 is 12.5 Å². The van der Waals surface area contributed by atoms with Gasteiger partial charge in [0.2, 0.25) is 0 Å². The number of anilines is 1. The van der Waals surface area contributed by atoms with Gasteiger partial charge in [-0.25, -0.2) is 9.78 Å². The van der Waals surface area contributed by atoms with Crippen LogP contribution in [-0.4, -0.2) is 20.4 Å². The number of nitrogens with one attached hydrogen (secondary N) is 1. The number of alkyl halides is 2. The molecule has 0 saturated carbocycles. The number of rotatable bonds is 8. The number of nitro benzene ring substituents is 1. The molecule has 0 aliphatic heterocycles. The number of nitro groups is 1. The van der Waals surface area contributed by atoms with Crippen molar-refractivity contribution in [1.29, 1.82) is 0 Å². The Bertz CT molecular complexity index is 1310. The van der Waals surface area contributed by atoms with Gasteiger partial charge in [-0.15, -0.1) is 0 Å². The van der Waals surface area contributed by atoms with Gasteiger partial charge in [0.05, 0.1) is 21.5 Å². The van der Waals surface area contributed by atoms with E-state index in [2.05, 4.69) is 10.3 Å². The molecule has 10 heteroatoms. The van der Waals surface area contributed by atoms with Crippen molar-refractivity contribution in [3.05, 3.63) is 99.9 Å². The molecule has 1 heterocycles. The number of halogens is 2. The van der Waals surface area contributed by atoms with Crippen molar-refractivity contribution in [3.63, 3.8) is 0 Å². The number of ether oxygens (including phenoxy) is 1. The zero-order valence-electron chi connectivity index (χ0n) is 17.2. The van der Waals surface area contributed by atoms with Crippen LogP contribution in [0.4, 0.5) is 20.2 Å². The second-order valence-electron chi connectivity index (χ2n) is 7.07. The standard InChI is InChI=1S/C23H18F2N4O4/c24-23(25)28-19-9-5-4-8-18(19)27-21(28)14-33-22(30)16-10-11-17(20(12-16)29(31)32)26-13-15-6-2-1-3-7-15/h1-12,23,26H,13-14H2. The summed E-state index contributed by atoms with van der Waals surface area (Å²) in [6.45, 7) is -3.03. The maximum Gasteiger partial charge on any atom is 0.338 e. The lowest BCUT2D eigenvalue weighted by Crippen LogP contribution is -2.11. The number of carbonyl (C=O) groups excluding carboxylic acids is 1. The van der Waals surface area contributed by atoms with E-state index in [1.807, 2.05) is 30.3 Å². The molecule has 3 aromatic carbocycles. The van der Waals surface area contributed by atoms with Crippen LogP contribution in [0.15, 0.2) is 72.8 Å². The van der Waals surface area contributed by atoms with Crippen molar-refractivity contribution >= 4 is 28.4 Å². The third-order valence-electron chi connectivity index (χ3n) is 4.95. The Kier molecular flexibility index (Phi) is 6.25. The zero-order chi connectivity index (χ0) is 23.4. The van der Waals surface area contributed by atoms with Crippen LogP contribution >= 0.6 is 0 Å². The minimum Gasteiger partial charge on any atom is -0.454 e. The first-order valence-electron chi connectivity index (χ1n) is 9.91. The number of benzene rings is 3. The highest BCUT2D eigenvalue weighted by Crippen LogP contribution is 2.27. The Labute approximate surface area is 186 Å². The summed E-state index contributed by atoms with van der Waals surface area (Å²) in [6.07, 6.45) is 0. The molecule has 0 aliphatic rings. The molecule has 8 nitrogen and oxygen atoms in total. The van der Waals surface area contributed by atoms with Crippen molar-refractivity contribution in [2.75, 3.05) is 5.32 Å². The van der Waals surface area contributed by atoms with Gasteiger partial charge < -0.3 is 10.1 Å². The van der Waals surface area contributed by atoms with Crippen LogP contribution in [0.3, 0.4) is 0 Å². The lowest BCUT2D eigenvalue weighted by atomic mass is 10.1. The van der Waals surface area contributed by atoms with Gasteiger partial charge in [-0.1, -0.05) is 42.5 Å². The van der Waals surface area contributed by atoms with Crippen LogP contribution in [0, 0.1) is 10.1 Å². The molecule has 0 amide bonds. The third kappa shape index (κ3) is 4.79. The van der Waals surface area contributed by atoms with E-state index in [9.17, 15) is 23.7 Å². The summed E-state index contributed by atoms with van der Waals surface area (Å²) in [6, 6.07) is 19.5. The zero-order valence-corrected chi connectivity index (χ0v) is 17.2. The highest BCUT2D eigenvalue weighted by molar-refractivity contribution is 5.91. The average molecular weight is 452 g/mol. The third-order valence-corrected chi connectivity index (χ3v) is 4.95. The molecular formula is C23H18F2N4O4. The Morgan fingerprint density at radius 2 is 1.82 bits per heavy atom. The number of hydrogen-bond acceptors (Lipinski definition) is 6. The molecule has 0 spiro atoms. The van der Waals surface area contributed by atoms with Crippen molar-refractivity contribution in [1.82, 2.24) is 9.55 Å². The molecule has 1 N–H and O–H groups in total. The van der Waals surface area contributed by atoms with E-state index in [1.165, 1.54) is 18.2 Å². The van der Waals surface area contributed by atoms with Crippen LogP contribution < -0.4 is 5.32 Å². The molecular weight excluding hydrogens is 434 g/mol. The van der Waals surface area contributed by atoms with E-state index in [0.717, 1.165) is 11.6 Å². The largest absolute Gasteiger partial charge is 0.454 e. The normalized spacial score (nSPS) is 11.0. The first-order chi connectivity index (χ1) is 15.9. The summed E-state index contributed by atoms with van der Waals surface area (Å²) >= 11 is 0. The summed E-state index contributed by atoms with van der Waals surface area (Å²) in [5, 5.41) is 14.5. The van der Waals surface area contributed by atoms with Crippen LogP contribution in [-0.2, 0) is 17.9 Å². The SMILES string of the molecule is O=C(OCc1nc2ccccc2n1C(F)F)c1ccc(NCc2ccccc2)c([N+](=O)[O-])c1. The summed E-state index contributed by atoms with van der Waals surface area (Å²) in [5.41, 5.74) is 1.33. The Morgan fingerprint density at radius 1 is 1.09 bits per heavy atom. The molecule has 1 aromatic heterocycles. The molecule has 168 valence electrons. The van der Waals surface area contributed by atoms with Crippen LogP contribution in [0.5, 0.6) is 0 Å². The van der Waals surface area contributed by atoms with E-state index in [-0.39, 0.29) is 28.3 Å². The first kappa shape index (κ1) is 21.9. The highest BCUT2D eigenvalue weighted by Gasteiger charge is 2.21. The Balaban J connectivity index is 1.50. The van der Waals surface area contributed by atoms with Gasteiger partial charge in [0, 0.05) is 12.6 Å². The second-order valence-corrected chi connectivity index (χ2v) is 7.07. The molecule has 0 radical (unpaired) electrons. The van der Waals surface area contributed by atoms with E-state index in [4.69, 9.17) is 4.74 Å². The Hall–Kier alpha value is -4.34. The van der Waals surface area contributed by atoms with Crippen molar-refractivity contribution < 1.29 is 23.2 Å². The van der Waals surface area contributed by atoms with Gasteiger partial charge in [-0.2, -0.15) is 8.78 Å². The molecule has 4 aromatic rings. The number of fused-ring (bicyclic) bond motifs is 1. The monoisotopic (exact) mass is 452 g/mol. The molecule has 0 fully saturated rings. The van der Waals surface area contributed by atoms with Gasteiger partial charge in [0.1, 0.15) is 12.3 Å². The quantitative estimate of drug-likeness (QED) is 0.221. The maximum absolute atomic E-state index is 13.5. The fourth-order valence-corrected chi connectivity index (χ4v) is 3.38. The molecule has 4 rings (SSSR count). The lowest BCUT2D eigenvalue weighted by Gasteiger charge is -2.10. The maximum atomic E-state index is 13.5. The number of nitrogens with zero attached hydrogens (tertiary/aromatic N) is 3.